The molecule has 2 aromatic rings. The van der Waals surface area contributed by atoms with Crippen LogP contribution in [0.25, 0.3) is 11.1 Å². The van der Waals surface area contributed by atoms with Crippen LogP contribution in [-0.2, 0) is 9.84 Å². The summed E-state index contributed by atoms with van der Waals surface area (Å²) >= 11 is 0. The van der Waals surface area contributed by atoms with E-state index in [0.717, 1.165) is 6.26 Å². The minimum absolute atomic E-state index is 0.0661. The first-order valence-corrected chi connectivity index (χ1v) is 8.52. The summed E-state index contributed by atoms with van der Waals surface area (Å²) in [4.78, 5) is 19.4. The molecule has 1 aromatic carbocycles. The summed E-state index contributed by atoms with van der Waals surface area (Å²) in [5.74, 6) is 1.09. The van der Waals surface area contributed by atoms with E-state index < -0.39 is 21.7 Å². The first-order valence-electron chi connectivity index (χ1n) is 6.63. The Morgan fingerprint density at radius 1 is 1.33 bits per heavy atom. The van der Waals surface area contributed by atoms with E-state index in [2.05, 4.69) is 15.9 Å². The van der Waals surface area contributed by atoms with Crippen molar-refractivity contribution >= 4 is 21.7 Å². The normalized spacial score (nSPS) is 10.7. The second-order valence-electron chi connectivity index (χ2n) is 4.89. The first kappa shape index (κ1) is 17.2. The predicted octanol–water partition coefficient (Wildman–Crippen LogP) is 0.547. The summed E-state index contributed by atoms with van der Waals surface area (Å²) in [7, 11) is -3.65. The van der Waals surface area contributed by atoms with Crippen molar-refractivity contribution in [2.45, 2.75) is 4.90 Å². The van der Waals surface area contributed by atoms with Crippen molar-refractivity contribution < 1.29 is 13.2 Å². The number of rotatable bonds is 3. The summed E-state index contributed by atoms with van der Waals surface area (Å²) in [5, 5.41) is 0. The molecule has 0 spiro atoms. The van der Waals surface area contributed by atoms with Gasteiger partial charge in [0.2, 0.25) is 0 Å². The molecule has 0 aliphatic heterocycles. The number of aromatic nitrogens is 1. The molecule has 0 saturated carbocycles. The van der Waals surface area contributed by atoms with E-state index in [0.29, 0.717) is 11.1 Å². The van der Waals surface area contributed by atoms with Crippen molar-refractivity contribution in [1.29, 1.82) is 0 Å². The third-order valence-corrected chi connectivity index (χ3v) is 4.25. The SMILES string of the molecule is C#Cc1cc(-c2cccnc2)c(S(C)(=O)=O)cc1C(=O)N=C(N)N. The van der Waals surface area contributed by atoms with Crippen LogP contribution in [0.2, 0.25) is 0 Å². The van der Waals surface area contributed by atoms with Gasteiger partial charge in [0, 0.05) is 35.3 Å². The van der Waals surface area contributed by atoms with E-state index in [4.69, 9.17) is 17.9 Å². The van der Waals surface area contributed by atoms with E-state index in [1.54, 1.807) is 18.3 Å². The van der Waals surface area contributed by atoms with Gasteiger partial charge in [-0.25, -0.2) is 8.42 Å². The second-order valence-corrected chi connectivity index (χ2v) is 6.88. The highest BCUT2D eigenvalue weighted by molar-refractivity contribution is 7.90. The molecule has 1 amide bonds. The van der Waals surface area contributed by atoms with E-state index in [9.17, 15) is 13.2 Å². The van der Waals surface area contributed by atoms with Gasteiger partial charge in [0.15, 0.2) is 15.8 Å². The number of nitrogens with zero attached hydrogens (tertiary/aromatic N) is 2. The Hall–Kier alpha value is -3.18. The van der Waals surface area contributed by atoms with Crippen LogP contribution in [0.3, 0.4) is 0 Å². The number of hydrogen-bond acceptors (Lipinski definition) is 4. The summed E-state index contributed by atoms with van der Waals surface area (Å²) in [6.07, 6.45) is 9.54. The number of carbonyl (C=O) groups is 1. The zero-order valence-electron chi connectivity index (χ0n) is 12.7. The maximum atomic E-state index is 12.2. The average molecular weight is 342 g/mol. The highest BCUT2D eigenvalue weighted by Gasteiger charge is 2.21. The molecule has 0 aliphatic rings. The lowest BCUT2D eigenvalue weighted by atomic mass is 10.00. The number of hydrogen-bond donors (Lipinski definition) is 2. The lowest BCUT2D eigenvalue weighted by Gasteiger charge is -2.11. The Balaban J connectivity index is 2.82. The van der Waals surface area contributed by atoms with Gasteiger partial charge >= 0.3 is 0 Å². The molecular formula is C16H14N4O3S. The second kappa shape index (κ2) is 6.52. The number of aliphatic imine (C=N–C) groups is 1. The fourth-order valence-corrected chi connectivity index (χ4v) is 3.02. The molecular weight excluding hydrogens is 328 g/mol. The smallest absolute Gasteiger partial charge is 0.281 e. The van der Waals surface area contributed by atoms with Gasteiger partial charge in [0.05, 0.1) is 10.5 Å². The average Bonchev–Trinajstić information content (AvgIpc) is 2.52. The van der Waals surface area contributed by atoms with Crippen LogP contribution in [0, 0.1) is 12.3 Å². The molecule has 0 aliphatic carbocycles. The number of pyridine rings is 1. The minimum Gasteiger partial charge on any atom is -0.370 e. The van der Waals surface area contributed by atoms with Crippen LogP contribution in [-0.4, -0.2) is 31.5 Å². The molecule has 24 heavy (non-hydrogen) atoms. The van der Waals surface area contributed by atoms with Gasteiger partial charge in [-0.15, -0.1) is 6.42 Å². The molecule has 2 rings (SSSR count). The maximum Gasteiger partial charge on any atom is 0.281 e. The standard InChI is InChI=1S/C16H14N4O3S/c1-3-10-7-12(11-5-4-6-19-9-11)14(24(2,22)23)8-13(10)15(21)20-16(17)18/h1,4-9H,2H3,(H4,17,18,20,21). The van der Waals surface area contributed by atoms with Crippen LogP contribution in [0.4, 0.5) is 0 Å². The van der Waals surface area contributed by atoms with Crippen LogP contribution >= 0.6 is 0 Å². The molecule has 8 heteroatoms. The van der Waals surface area contributed by atoms with Gasteiger partial charge in [-0.2, -0.15) is 4.99 Å². The van der Waals surface area contributed by atoms with Gasteiger partial charge in [-0.1, -0.05) is 12.0 Å². The van der Waals surface area contributed by atoms with Gasteiger partial charge in [0.25, 0.3) is 5.91 Å². The van der Waals surface area contributed by atoms with E-state index in [1.807, 2.05) is 0 Å². The number of sulfone groups is 1. The van der Waals surface area contributed by atoms with Gasteiger partial charge in [0.1, 0.15) is 0 Å². The largest absolute Gasteiger partial charge is 0.370 e. The number of benzene rings is 1. The van der Waals surface area contributed by atoms with Crippen LogP contribution < -0.4 is 11.5 Å². The third-order valence-electron chi connectivity index (χ3n) is 3.11. The molecule has 0 radical (unpaired) electrons. The monoisotopic (exact) mass is 342 g/mol. The lowest BCUT2D eigenvalue weighted by Crippen LogP contribution is -2.24. The summed E-state index contributed by atoms with van der Waals surface area (Å²) in [6.45, 7) is 0. The molecule has 7 nitrogen and oxygen atoms in total. The molecule has 122 valence electrons. The van der Waals surface area contributed by atoms with E-state index in [1.165, 1.54) is 18.3 Å². The molecule has 0 atom stereocenters. The van der Waals surface area contributed by atoms with Crippen molar-refractivity contribution in [2.24, 2.45) is 16.5 Å². The Morgan fingerprint density at radius 3 is 2.54 bits per heavy atom. The van der Waals surface area contributed by atoms with Crippen molar-refractivity contribution in [3.63, 3.8) is 0 Å². The highest BCUT2D eigenvalue weighted by atomic mass is 32.2. The fourth-order valence-electron chi connectivity index (χ4n) is 2.11. The van der Waals surface area contributed by atoms with Gasteiger partial charge in [-0.05, 0) is 18.2 Å². The van der Waals surface area contributed by atoms with Crippen molar-refractivity contribution in [1.82, 2.24) is 4.98 Å². The zero-order chi connectivity index (χ0) is 17.9. The summed E-state index contributed by atoms with van der Waals surface area (Å²) in [5.41, 5.74) is 11.4. The van der Waals surface area contributed by atoms with Crippen LogP contribution in [0.1, 0.15) is 15.9 Å². The maximum absolute atomic E-state index is 12.2. The number of guanidine groups is 1. The molecule has 0 unspecified atom stereocenters. The molecule has 1 aromatic heterocycles. The predicted molar refractivity (Wildman–Crippen MR) is 90.9 cm³/mol. The zero-order valence-corrected chi connectivity index (χ0v) is 13.5. The Kier molecular flexibility index (Phi) is 4.66. The number of nitrogens with two attached hydrogens (primary N) is 2. The molecule has 1 heterocycles. The van der Waals surface area contributed by atoms with Gasteiger partial charge in [-0.3, -0.25) is 9.78 Å². The summed E-state index contributed by atoms with van der Waals surface area (Å²) < 4.78 is 24.3. The van der Waals surface area contributed by atoms with Crippen molar-refractivity contribution in [3.8, 4) is 23.5 Å². The van der Waals surface area contributed by atoms with E-state index in [-0.39, 0.29) is 16.0 Å². The Morgan fingerprint density at radius 2 is 2.04 bits per heavy atom. The van der Waals surface area contributed by atoms with Crippen LogP contribution in [0.15, 0.2) is 46.5 Å². The molecule has 0 fully saturated rings. The number of amides is 1. The lowest BCUT2D eigenvalue weighted by molar-refractivity contribution is 0.100. The quantitative estimate of drug-likeness (QED) is 0.476. The third kappa shape index (κ3) is 3.59. The van der Waals surface area contributed by atoms with Crippen molar-refractivity contribution in [2.75, 3.05) is 6.26 Å². The molecule has 4 N–H and O–H groups in total. The highest BCUT2D eigenvalue weighted by Crippen LogP contribution is 2.30. The van der Waals surface area contributed by atoms with Crippen LogP contribution in [0.5, 0.6) is 0 Å². The van der Waals surface area contributed by atoms with E-state index >= 15 is 0 Å². The fraction of sp³-hybridized carbons (Fsp3) is 0.0625. The molecule has 0 saturated heterocycles. The Labute approximate surface area is 139 Å². The minimum atomic E-state index is -3.65. The summed E-state index contributed by atoms with van der Waals surface area (Å²) in [6, 6.07) is 5.97. The van der Waals surface area contributed by atoms with Gasteiger partial charge < -0.3 is 11.5 Å². The Bertz CT molecular complexity index is 970. The number of carbonyl (C=O) groups excluding carboxylic acids is 1. The molecule has 0 bridgehead atoms. The number of terminal acetylenes is 1. The first-order chi connectivity index (χ1) is 11.2. The van der Waals surface area contributed by atoms with Crippen molar-refractivity contribution in [3.05, 3.63) is 47.8 Å². The topological polar surface area (TPSA) is 128 Å².